The topological polar surface area (TPSA) is 21.3 Å². The van der Waals surface area contributed by atoms with Crippen LogP contribution in [0.2, 0.25) is 0 Å². The van der Waals surface area contributed by atoms with Crippen LogP contribution in [0.4, 0.5) is 0 Å². The summed E-state index contributed by atoms with van der Waals surface area (Å²) in [7, 11) is 1.96. The van der Waals surface area contributed by atoms with Gasteiger partial charge in [-0.05, 0) is 42.3 Å². The molecule has 0 aliphatic rings. The minimum absolute atomic E-state index is 0.616. The number of nitrogens with one attached hydrogen (secondary N) is 1. The molecule has 0 saturated carbocycles. The van der Waals surface area contributed by atoms with E-state index in [1.807, 2.05) is 7.05 Å². The Balaban J connectivity index is 1.92. The minimum Gasteiger partial charge on any atom is -0.489 e. The summed E-state index contributed by atoms with van der Waals surface area (Å²) in [5.74, 6) is 0.934. The highest BCUT2D eigenvalue weighted by molar-refractivity contribution is 5.28. The summed E-state index contributed by atoms with van der Waals surface area (Å²) in [4.78, 5) is 0. The van der Waals surface area contributed by atoms with Crippen LogP contribution in [0.25, 0.3) is 0 Å². The Morgan fingerprint density at radius 2 is 1.70 bits per heavy atom. The van der Waals surface area contributed by atoms with Crippen molar-refractivity contribution in [2.45, 2.75) is 32.9 Å². The molecule has 0 saturated heterocycles. The molecule has 0 unspecified atom stereocenters. The first-order chi connectivity index (χ1) is 9.81. The molecule has 0 aliphatic heterocycles. The lowest BCUT2D eigenvalue weighted by Crippen LogP contribution is -2.05. The molecule has 0 aliphatic carbocycles. The van der Waals surface area contributed by atoms with Crippen molar-refractivity contribution in [3.8, 4) is 5.75 Å². The Bertz CT molecular complexity index is 519. The average Bonchev–Trinajstić information content (AvgIpc) is 2.48. The number of benzene rings is 2. The number of rotatable bonds is 7. The molecule has 2 aromatic rings. The van der Waals surface area contributed by atoms with E-state index in [-0.39, 0.29) is 0 Å². The third-order valence-corrected chi connectivity index (χ3v) is 3.24. The van der Waals surface area contributed by atoms with E-state index in [0.29, 0.717) is 6.61 Å². The van der Waals surface area contributed by atoms with Crippen molar-refractivity contribution in [3.63, 3.8) is 0 Å². The summed E-state index contributed by atoms with van der Waals surface area (Å²) in [6, 6.07) is 16.9. The monoisotopic (exact) mass is 269 g/mol. The Morgan fingerprint density at radius 1 is 0.950 bits per heavy atom. The van der Waals surface area contributed by atoms with Crippen molar-refractivity contribution in [2.24, 2.45) is 0 Å². The van der Waals surface area contributed by atoms with Crippen LogP contribution in [0, 0.1) is 0 Å². The van der Waals surface area contributed by atoms with E-state index >= 15 is 0 Å². The molecule has 0 bridgehead atoms. The van der Waals surface area contributed by atoms with E-state index in [2.05, 4.69) is 60.8 Å². The van der Waals surface area contributed by atoms with Gasteiger partial charge in [-0.3, -0.25) is 0 Å². The van der Waals surface area contributed by atoms with Gasteiger partial charge in [0.1, 0.15) is 12.4 Å². The third kappa shape index (κ3) is 4.39. The second kappa shape index (κ2) is 7.71. The molecule has 2 aromatic carbocycles. The Morgan fingerprint density at radius 3 is 2.40 bits per heavy atom. The number of ether oxygens (including phenoxy) is 1. The van der Waals surface area contributed by atoms with Crippen molar-refractivity contribution in [3.05, 3.63) is 65.2 Å². The lowest BCUT2D eigenvalue weighted by atomic mass is 10.1. The standard InChI is InChI=1S/C18H23NO/c1-3-5-15-8-10-18(11-9-15)20-14-17-7-4-6-16(12-17)13-19-2/h4,6-12,19H,3,5,13-14H2,1-2H3. The average molecular weight is 269 g/mol. The van der Waals surface area contributed by atoms with Crippen LogP contribution in [-0.4, -0.2) is 7.05 Å². The quantitative estimate of drug-likeness (QED) is 0.822. The summed E-state index contributed by atoms with van der Waals surface area (Å²) in [6.45, 7) is 3.70. The molecule has 1 N–H and O–H groups in total. The summed E-state index contributed by atoms with van der Waals surface area (Å²) >= 11 is 0. The van der Waals surface area contributed by atoms with Gasteiger partial charge in [0.15, 0.2) is 0 Å². The number of aryl methyl sites for hydroxylation is 1. The second-order valence-electron chi connectivity index (χ2n) is 5.03. The molecular weight excluding hydrogens is 246 g/mol. The molecule has 0 radical (unpaired) electrons. The van der Waals surface area contributed by atoms with Crippen LogP contribution in [0.5, 0.6) is 5.75 Å². The van der Waals surface area contributed by atoms with Gasteiger partial charge in [-0.1, -0.05) is 49.7 Å². The van der Waals surface area contributed by atoms with Gasteiger partial charge in [0.05, 0.1) is 0 Å². The Labute approximate surface area is 121 Å². The Hall–Kier alpha value is -1.80. The van der Waals surface area contributed by atoms with Gasteiger partial charge in [0.2, 0.25) is 0 Å². The van der Waals surface area contributed by atoms with Gasteiger partial charge < -0.3 is 10.1 Å². The highest BCUT2D eigenvalue weighted by Gasteiger charge is 1.98. The van der Waals surface area contributed by atoms with Gasteiger partial charge in [-0.15, -0.1) is 0 Å². The first-order valence-corrected chi connectivity index (χ1v) is 7.26. The highest BCUT2D eigenvalue weighted by atomic mass is 16.5. The molecule has 0 aromatic heterocycles. The predicted molar refractivity (Wildman–Crippen MR) is 84.0 cm³/mol. The highest BCUT2D eigenvalue weighted by Crippen LogP contribution is 2.15. The maximum Gasteiger partial charge on any atom is 0.119 e. The van der Waals surface area contributed by atoms with Crippen LogP contribution >= 0.6 is 0 Å². The third-order valence-electron chi connectivity index (χ3n) is 3.24. The smallest absolute Gasteiger partial charge is 0.119 e. The van der Waals surface area contributed by atoms with Crippen LogP contribution in [-0.2, 0) is 19.6 Å². The summed E-state index contributed by atoms with van der Waals surface area (Å²) in [5, 5.41) is 3.16. The molecule has 2 heteroatoms. The lowest BCUT2D eigenvalue weighted by Gasteiger charge is -2.08. The molecular formula is C18H23NO. The van der Waals surface area contributed by atoms with Crippen LogP contribution in [0.15, 0.2) is 48.5 Å². The molecule has 0 fully saturated rings. The number of hydrogen-bond donors (Lipinski definition) is 1. The zero-order chi connectivity index (χ0) is 14.2. The second-order valence-corrected chi connectivity index (χ2v) is 5.03. The van der Waals surface area contributed by atoms with Crippen LogP contribution < -0.4 is 10.1 Å². The molecule has 0 amide bonds. The fraction of sp³-hybridized carbons (Fsp3) is 0.333. The van der Waals surface area contributed by atoms with Gasteiger partial charge >= 0.3 is 0 Å². The Kier molecular flexibility index (Phi) is 5.63. The van der Waals surface area contributed by atoms with Gasteiger partial charge in [-0.25, -0.2) is 0 Å². The number of hydrogen-bond acceptors (Lipinski definition) is 2. The summed E-state index contributed by atoms with van der Waals surface area (Å²) < 4.78 is 5.84. The van der Waals surface area contributed by atoms with Crippen molar-refractivity contribution >= 4 is 0 Å². The molecule has 2 rings (SSSR count). The van der Waals surface area contributed by atoms with Gasteiger partial charge in [-0.2, -0.15) is 0 Å². The van der Waals surface area contributed by atoms with E-state index in [9.17, 15) is 0 Å². The SMILES string of the molecule is CCCc1ccc(OCc2cccc(CNC)c2)cc1. The van der Waals surface area contributed by atoms with Gasteiger partial charge in [0.25, 0.3) is 0 Å². The molecule has 0 atom stereocenters. The van der Waals surface area contributed by atoms with E-state index in [4.69, 9.17) is 4.74 Å². The zero-order valence-electron chi connectivity index (χ0n) is 12.4. The van der Waals surface area contributed by atoms with E-state index in [1.54, 1.807) is 0 Å². The van der Waals surface area contributed by atoms with Crippen molar-refractivity contribution in [1.82, 2.24) is 5.32 Å². The fourth-order valence-corrected chi connectivity index (χ4v) is 2.24. The summed E-state index contributed by atoms with van der Waals surface area (Å²) in [6.07, 6.45) is 2.31. The molecule has 2 nitrogen and oxygen atoms in total. The lowest BCUT2D eigenvalue weighted by molar-refractivity contribution is 0.306. The van der Waals surface area contributed by atoms with E-state index in [1.165, 1.54) is 23.1 Å². The van der Waals surface area contributed by atoms with Crippen molar-refractivity contribution < 1.29 is 4.74 Å². The molecule has 20 heavy (non-hydrogen) atoms. The van der Waals surface area contributed by atoms with Crippen molar-refractivity contribution in [1.29, 1.82) is 0 Å². The normalized spacial score (nSPS) is 10.5. The maximum absolute atomic E-state index is 5.84. The first kappa shape index (κ1) is 14.6. The van der Waals surface area contributed by atoms with Crippen LogP contribution in [0.3, 0.4) is 0 Å². The molecule has 0 spiro atoms. The summed E-state index contributed by atoms with van der Waals surface area (Å²) in [5.41, 5.74) is 3.86. The first-order valence-electron chi connectivity index (χ1n) is 7.26. The molecule has 106 valence electrons. The van der Waals surface area contributed by atoms with Crippen LogP contribution in [0.1, 0.15) is 30.0 Å². The predicted octanol–water partition coefficient (Wildman–Crippen LogP) is 3.94. The van der Waals surface area contributed by atoms with E-state index in [0.717, 1.165) is 18.7 Å². The largest absolute Gasteiger partial charge is 0.489 e. The molecule has 0 heterocycles. The van der Waals surface area contributed by atoms with E-state index < -0.39 is 0 Å². The van der Waals surface area contributed by atoms with Gasteiger partial charge in [0, 0.05) is 6.54 Å². The van der Waals surface area contributed by atoms with Crippen molar-refractivity contribution in [2.75, 3.05) is 7.05 Å². The fourth-order valence-electron chi connectivity index (χ4n) is 2.24. The maximum atomic E-state index is 5.84. The zero-order valence-corrected chi connectivity index (χ0v) is 12.4. The minimum atomic E-state index is 0.616.